The van der Waals surface area contributed by atoms with Crippen LogP contribution in [0, 0.1) is 0 Å². The van der Waals surface area contributed by atoms with E-state index in [0.717, 1.165) is 30.8 Å². The van der Waals surface area contributed by atoms with Crippen molar-refractivity contribution in [2.24, 2.45) is 4.40 Å². The van der Waals surface area contributed by atoms with E-state index in [2.05, 4.69) is 11.3 Å². The Kier molecular flexibility index (Phi) is 7.10. The number of benzene rings is 1. The largest absolute Gasteiger partial charge is 0.591 e. The van der Waals surface area contributed by atoms with Crippen LogP contribution in [-0.2, 0) is 17.8 Å². The molecule has 0 amide bonds. The smallest absolute Gasteiger partial charge is 0.144 e. The van der Waals surface area contributed by atoms with Gasteiger partial charge in [0.2, 0.25) is 0 Å². The van der Waals surface area contributed by atoms with Crippen molar-refractivity contribution in [3.8, 4) is 5.75 Å². The summed E-state index contributed by atoms with van der Waals surface area (Å²) >= 11 is -1.18. The van der Waals surface area contributed by atoms with E-state index in [0.29, 0.717) is 6.42 Å². The molecule has 1 aromatic carbocycles. The summed E-state index contributed by atoms with van der Waals surface area (Å²) < 4.78 is 21.1. The van der Waals surface area contributed by atoms with Crippen LogP contribution < -0.4 is 4.74 Å². The summed E-state index contributed by atoms with van der Waals surface area (Å²) in [6.07, 6.45) is 4.64. The van der Waals surface area contributed by atoms with Crippen LogP contribution in [0.3, 0.4) is 0 Å². The minimum Gasteiger partial charge on any atom is -0.591 e. The fourth-order valence-corrected chi connectivity index (χ4v) is 1.95. The Morgan fingerprint density at radius 1 is 1.25 bits per heavy atom. The molecule has 0 aromatic heterocycles. The predicted molar refractivity (Wildman–Crippen MR) is 86.9 cm³/mol. The maximum Gasteiger partial charge on any atom is 0.144 e. The first kappa shape index (κ1) is 17.1. The molecule has 1 aromatic rings. The monoisotopic (exact) mass is 295 g/mol. The highest BCUT2D eigenvalue weighted by atomic mass is 32.2. The van der Waals surface area contributed by atoms with E-state index in [9.17, 15) is 4.55 Å². The Bertz CT molecular complexity index is 409. The highest BCUT2D eigenvalue weighted by Crippen LogP contribution is 2.17. The molecule has 0 N–H and O–H groups in total. The number of rotatable bonds is 7. The van der Waals surface area contributed by atoms with E-state index in [4.69, 9.17) is 4.74 Å². The molecule has 4 heteroatoms. The molecule has 0 bridgehead atoms. The first-order valence-corrected chi connectivity index (χ1v) is 8.20. The van der Waals surface area contributed by atoms with Gasteiger partial charge in [-0.25, -0.2) is 0 Å². The van der Waals surface area contributed by atoms with Gasteiger partial charge in [0.1, 0.15) is 21.9 Å². The molecule has 1 rings (SSSR count). The lowest BCUT2D eigenvalue weighted by Gasteiger charge is -2.17. The van der Waals surface area contributed by atoms with Gasteiger partial charge in [-0.05, 0) is 44.9 Å². The molecule has 0 heterocycles. The summed E-state index contributed by atoms with van der Waals surface area (Å²) in [4.78, 5) is 0. The maximum absolute atomic E-state index is 11.7. The maximum atomic E-state index is 11.7. The standard InChI is InChI=1S/C16H25NO2S/c1-5-6-13-19-15-9-7-14(8-10-15)11-12-17-20(18)16(2,3)4/h7-10,12H,5-6,11,13H2,1-4H3. The number of hydrogen-bond donors (Lipinski definition) is 0. The second-order valence-electron chi connectivity index (χ2n) is 5.70. The molecule has 0 radical (unpaired) electrons. The molecule has 112 valence electrons. The summed E-state index contributed by atoms with van der Waals surface area (Å²) in [7, 11) is 0. The van der Waals surface area contributed by atoms with Gasteiger partial charge in [-0.2, -0.15) is 0 Å². The third kappa shape index (κ3) is 6.44. The Balaban J connectivity index is 2.43. The van der Waals surface area contributed by atoms with Crippen molar-refractivity contribution in [3.05, 3.63) is 29.8 Å². The third-order valence-electron chi connectivity index (χ3n) is 2.71. The third-order valence-corrected chi connectivity index (χ3v) is 4.10. The molecule has 0 saturated heterocycles. The second-order valence-corrected chi connectivity index (χ2v) is 7.63. The number of unbranched alkanes of at least 4 members (excludes halogenated alkanes) is 1. The molecule has 0 fully saturated rings. The molecule has 1 atom stereocenters. The summed E-state index contributed by atoms with van der Waals surface area (Å²) in [6, 6.07) is 7.99. The van der Waals surface area contributed by atoms with Crippen molar-refractivity contribution in [2.75, 3.05) is 6.61 Å². The Morgan fingerprint density at radius 2 is 1.90 bits per heavy atom. The van der Waals surface area contributed by atoms with Gasteiger partial charge in [-0.15, -0.1) is 0 Å². The van der Waals surface area contributed by atoms with Crippen molar-refractivity contribution in [2.45, 2.75) is 51.7 Å². The minimum atomic E-state index is -1.18. The normalized spacial score (nSPS) is 13.7. The molecule has 3 nitrogen and oxygen atoms in total. The topological polar surface area (TPSA) is 44.6 Å². The van der Waals surface area contributed by atoms with Crippen LogP contribution in [0.15, 0.2) is 28.7 Å². The van der Waals surface area contributed by atoms with Crippen LogP contribution in [-0.4, -0.2) is 22.1 Å². The van der Waals surface area contributed by atoms with Gasteiger partial charge in [0, 0.05) is 6.42 Å². The summed E-state index contributed by atoms with van der Waals surface area (Å²) in [5.74, 6) is 0.900. The van der Waals surface area contributed by atoms with E-state index in [1.54, 1.807) is 6.21 Å². The first-order valence-electron chi connectivity index (χ1n) is 7.09. The number of nitrogens with zero attached hydrogens (tertiary/aromatic N) is 1. The number of ether oxygens (including phenoxy) is 1. The Morgan fingerprint density at radius 3 is 2.45 bits per heavy atom. The van der Waals surface area contributed by atoms with E-state index < -0.39 is 11.4 Å². The molecular formula is C16H25NO2S. The van der Waals surface area contributed by atoms with Gasteiger partial charge in [0.15, 0.2) is 0 Å². The molecular weight excluding hydrogens is 270 g/mol. The highest BCUT2D eigenvalue weighted by Gasteiger charge is 2.25. The second kappa shape index (κ2) is 8.32. The van der Waals surface area contributed by atoms with Gasteiger partial charge in [-0.1, -0.05) is 29.9 Å². The molecule has 0 aliphatic rings. The predicted octanol–water partition coefficient (Wildman–Crippen LogP) is 3.94. The molecule has 0 saturated carbocycles. The van der Waals surface area contributed by atoms with Gasteiger partial charge in [0.25, 0.3) is 0 Å². The van der Waals surface area contributed by atoms with Gasteiger partial charge in [0.05, 0.1) is 12.8 Å². The quantitative estimate of drug-likeness (QED) is 0.434. The van der Waals surface area contributed by atoms with Crippen molar-refractivity contribution < 1.29 is 9.29 Å². The zero-order valence-corrected chi connectivity index (χ0v) is 13.7. The SMILES string of the molecule is CCCCOc1ccc(CC=N[S+]([O-])C(C)(C)C)cc1. The molecule has 1 unspecified atom stereocenters. The summed E-state index contributed by atoms with van der Waals surface area (Å²) in [5.41, 5.74) is 1.14. The average molecular weight is 295 g/mol. The van der Waals surface area contributed by atoms with Crippen molar-refractivity contribution in [3.63, 3.8) is 0 Å². The lowest BCUT2D eigenvalue weighted by atomic mass is 10.2. The minimum absolute atomic E-state index is 0.298. The molecule has 0 aliphatic heterocycles. The Hall–Kier alpha value is -1.00. The fourth-order valence-electron chi connectivity index (χ4n) is 1.42. The van der Waals surface area contributed by atoms with Crippen LogP contribution in [0.1, 0.15) is 46.1 Å². The average Bonchev–Trinajstić information content (AvgIpc) is 2.39. The van der Waals surface area contributed by atoms with Crippen LogP contribution in [0.2, 0.25) is 0 Å². The zero-order chi connectivity index (χ0) is 15.0. The fraction of sp³-hybridized carbons (Fsp3) is 0.562. The summed E-state index contributed by atoms with van der Waals surface area (Å²) in [5, 5.41) is 0. The lowest BCUT2D eigenvalue weighted by molar-refractivity contribution is 0.309. The van der Waals surface area contributed by atoms with Crippen molar-refractivity contribution in [1.82, 2.24) is 0 Å². The van der Waals surface area contributed by atoms with E-state index >= 15 is 0 Å². The van der Waals surface area contributed by atoms with E-state index in [1.165, 1.54) is 0 Å². The van der Waals surface area contributed by atoms with Crippen LogP contribution in [0.4, 0.5) is 0 Å². The van der Waals surface area contributed by atoms with Crippen molar-refractivity contribution in [1.29, 1.82) is 0 Å². The lowest BCUT2D eigenvalue weighted by Crippen LogP contribution is -2.25. The molecule has 0 aliphatic carbocycles. The van der Waals surface area contributed by atoms with Gasteiger partial charge in [-0.3, -0.25) is 0 Å². The van der Waals surface area contributed by atoms with Gasteiger partial charge < -0.3 is 9.29 Å². The molecule has 0 spiro atoms. The van der Waals surface area contributed by atoms with E-state index in [1.807, 2.05) is 45.0 Å². The zero-order valence-electron chi connectivity index (χ0n) is 12.9. The highest BCUT2D eigenvalue weighted by molar-refractivity contribution is 7.91. The van der Waals surface area contributed by atoms with Crippen molar-refractivity contribution >= 4 is 17.6 Å². The van der Waals surface area contributed by atoms with Crippen LogP contribution in [0.25, 0.3) is 0 Å². The van der Waals surface area contributed by atoms with Crippen LogP contribution in [0.5, 0.6) is 5.75 Å². The first-order chi connectivity index (χ1) is 9.43. The number of hydrogen-bond acceptors (Lipinski definition) is 3. The summed E-state index contributed by atoms with van der Waals surface area (Å²) in [6.45, 7) is 8.67. The Labute approximate surface area is 125 Å². The molecule has 20 heavy (non-hydrogen) atoms. The van der Waals surface area contributed by atoms with Gasteiger partial charge >= 0.3 is 0 Å². The van der Waals surface area contributed by atoms with E-state index in [-0.39, 0.29) is 4.75 Å². The van der Waals surface area contributed by atoms with Crippen LogP contribution >= 0.6 is 0 Å².